The largest absolute Gasteiger partial charge is 0.422 e. The molecule has 0 spiro atoms. The first-order valence-corrected chi connectivity index (χ1v) is 7.25. The lowest BCUT2D eigenvalue weighted by Crippen LogP contribution is -2.30. The molecule has 0 aromatic heterocycles. The zero-order valence-corrected chi connectivity index (χ0v) is 12.2. The van der Waals surface area contributed by atoms with Gasteiger partial charge in [-0.1, -0.05) is 17.7 Å². The Morgan fingerprint density at radius 3 is 1.91 bits per heavy atom. The number of allylic oxidation sites excluding steroid dienone is 2. The van der Waals surface area contributed by atoms with Crippen molar-refractivity contribution in [3.63, 3.8) is 0 Å². The Balaban J connectivity index is 3.66. The molecule has 3 nitrogen and oxygen atoms in total. The average molecular weight is 387 g/mol. The molecule has 0 heterocycles. The number of alkyl halides is 6. The van der Waals surface area contributed by atoms with Crippen molar-refractivity contribution in [1.82, 2.24) is 0 Å². The van der Waals surface area contributed by atoms with Crippen LogP contribution in [0, 0.1) is 5.82 Å². The predicted octanol–water partition coefficient (Wildman–Crippen LogP) is 4.29. The minimum atomic E-state index is -6.10. The molecule has 0 aliphatic carbocycles. The quantitative estimate of drug-likeness (QED) is 0.623. The van der Waals surface area contributed by atoms with E-state index in [1.54, 1.807) is 0 Å². The molecule has 23 heavy (non-hydrogen) atoms. The summed E-state index contributed by atoms with van der Waals surface area (Å²) in [6, 6.07) is 1.93. The second-order valence-corrected chi connectivity index (χ2v) is 6.03. The van der Waals surface area contributed by atoms with Gasteiger partial charge in [-0.3, -0.25) is 4.55 Å². The number of hydrogen-bond acceptors (Lipinski definition) is 2. The van der Waals surface area contributed by atoms with Crippen molar-refractivity contribution in [2.45, 2.75) is 18.8 Å². The maximum Gasteiger partial charge on any atom is 0.422 e. The molecule has 130 valence electrons. The minimum absolute atomic E-state index is 0.549. The second kappa shape index (κ2) is 6.29. The van der Waals surface area contributed by atoms with Gasteiger partial charge in [-0.25, -0.2) is 4.39 Å². The van der Waals surface area contributed by atoms with Crippen molar-refractivity contribution in [3.8, 4) is 0 Å². The van der Waals surface area contributed by atoms with Gasteiger partial charge in [-0.2, -0.15) is 34.8 Å². The van der Waals surface area contributed by atoms with Gasteiger partial charge in [0.05, 0.1) is 4.91 Å². The van der Waals surface area contributed by atoms with Crippen LogP contribution in [0.1, 0.15) is 5.56 Å². The summed E-state index contributed by atoms with van der Waals surface area (Å²) >= 11 is 5.46. The van der Waals surface area contributed by atoms with Crippen molar-refractivity contribution >= 4 is 21.7 Å². The van der Waals surface area contributed by atoms with Crippen LogP contribution in [0.2, 0.25) is 5.02 Å². The average Bonchev–Trinajstić information content (AvgIpc) is 2.26. The van der Waals surface area contributed by atoms with Crippen LogP contribution >= 0.6 is 11.6 Å². The van der Waals surface area contributed by atoms with Gasteiger partial charge in [-0.15, -0.1) is 0 Å². The van der Waals surface area contributed by atoms with E-state index in [-0.39, 0.29) is 0 Å². The molecule has 1 aromatic rings. The molecular formula is C11H6ClF7O3S. The Kier molecular flexibility index (Phi) is 5.39. The van der Waals surface area contributed by atoms with Crippen molar-refractivity contribution in [1.29, 1.82) is 0 Å². The molecule has 1 N–H and O–H groups in total. The maximum atomic E-state index is 12.8. The number of benzene rings is 1. The zero-order chi connectivity index (χ0) is 18.2. The Bertz CT molecular complexity index is 719. The molecule has 0 aliphatic rings. The standard InChI is InChI=1S/C11H6ClF7O3S/c12-7-4-6(13)2-1-5(7)3-8(23(20,21)22)9(10(14,15)16)11(17,18)19/h1-2,4H,3H2,(H,20,21,22). The summed E-state index contributed by atoms with van der Waals surface area (Å²) < 4.78 is 119. The van der Waals surface area contributed by atoms with E-state index in [4.69, 9.17) is 16.2 Å². The van der Waals surface area contributed by atoms with E-state index in [1.807, 2.05) is 0 Å². The van der Waals surface area contributed by atoms with Gasteiger partial charge in [0, 0.05) is 11.4 Å². The van der Waals surface area contributed by atoms with Gasteiger partial charge in [0.2, 0.25) is 0 Å². The van der Waals surface area contributed by atoms with Crippen LogP contribution < -0.4 is 0 Å². The van der Waals surface area contributed by atoms with Crippen molar-refractivity contribution < 1.29 is 43.7 Å². The molecule has 0 unspecified atom stereocenters. The van der Waals surface area contributed by atoms with Crippen LogP contribution in [0.15, 0.2) is 28.7 Å². The fraction of sp³-hybridized carbons (Fsp3) is 0.273. The van der Waals surface area contributed by atoms with Crippen molar-refractivity contribution in [2.75, 3.05) is 0 Å². The molecule has 0 fully saturated rings. The minimum Gasteiger partial charge on any atom is -0.282 e. The summed E-state index contributed by atoms with van der Waals surface area (Å²) in [5, 5.41) is -0.602. The van der Waals surface area contributed by atoms with Crippen molar-refractivity contribution in [2.24, 2.45) is 0 Å². The van der Waals surface area contributed by atoms with E-state index in [0.717, 1.165) is 0 Å². The Labute approximate surface area is 130 Å². The molecule has 0 amide bonds. The third-order valence-electron chi connectivity index (χ3n) is 2.52. The summed E-state index contributed by atoms with van der Waals surface area (Å²) in [5.74, 6) is -0.942. The van der Waals surface area contributed by atoms with E-state index in [1.165, 1.54) is 0 Å². The van der Waals surface area contributed by atoms with Gasteiger partial charge in [-0.05, 0) is 17.7 Å². The summed E-state index contributed by atoms with van der Waals surface area (Å²) in [4.78, 5) is -2.33. The highest BCUT2D eigenvalue weighted by atomic mass is 35.5. The first-order valence-electron chi connectivity index (χ1n) is 5.43. The summed E-state index contributed by atoms with van der Waals surface area (Å²) in [7, 11) is -5.87. The Hall–Kier alpha value is -1.33. The van der Waals surface area contributed by atoms with E-state index in [0.29, 0.717) is 18.2 Å². The first-order chi connectivity index (χ1) is 10.1. The van der Waals surface area contributed by atoms with E-state index in [2.05, 4.69) is 0 Å². The molecule has 0 aliphatic heterocycles. The van der Waals surface area contributed by atoms with Crippen molar-refractivity contribution in [3.05, 3.63) is 45.1 Å². The molecule has 0 bridgehead atoms. The van der Waals surface area contributed by atoms with Crippen LogP contribution in [0.25, 0.3) is 0 Å². The summed E-state index contributed by atoms with van der Waals surface area (Å²) in [5.41, 5.74) is -3.93. The Morgan fingerprint density at radius 1 is 1.09 bits per heavy atom. The second-order valence-electron chi connectivity index (χ2n) is 4.18. The lowest BCUT2D eigenvalue weighted by Gasteiger charge is -2.19. The monoisotopic (exact) mass is 386 g/mol. The third-order valence-corrected chi connectivity index (χ3v) is 3.85. The van der Waals surface area contributed by atoms with E-state index in [9.17, 15) is 39.2 Å². The lowest BCUT2D eigenvalue weighted by atomic mass is 10.1. The van der Waals surface area contributed by atoms with Crippen LogP contribution in [0.4, 0.5) is 30.7 Å². The molecular weight excluding hydrogens is 381 g/mol. The van der Waals surface area contributed by atoms with Crippen LogP contribution in [-0.4, -0.2) is 25.3 Å². The molecule has 1 aromatic carbocycles. The van der Waals surface area contributed by atoms with E-state index >= 15 is 0 Å². The van der Waals surface area contributed by atoms with Crippen LogP contribution in [0.3, 0.4) is 0 Å². The molecule has 0 radical (unpaired) electrons. The highest BCUT2D eigenvalue weighted by Gasteiger charge is 2.54. The van der Waals surface area contributed by atoms with Crippen LogP contribution in [-0.2, 0) is 16.5 Å². The fourth-order valence-electron chi connectivity index (χ4n) is 1.62. The fourth-order valence-corrected chi connectivity index (χ4v) is 2.68. The topological polar surface area (TPSA) is 54.4 Å². The Morgan fingerprint density at radius 2 is 1.57 bits per heavy atom. The summed E-state index contributed by atoms with van der Waals surface area (Å²) in [6.07, 6.45) is -13.7. The summed E-state index contributed by atoms with van der Waals surface area (Å²) in [6.45, 7) is 0. The highest BCUT2D eigenvalue weighted by Crippen LogP contribution is 2.42. The van der Waals surface area contributed by atoms with Gasteiger partial charge < -0.3 is 0 Å². The normalized spacial score (nSPS) is 13.1. The SMILES string of the molecule is O=S(=O)(O)C(Cc1ccc(F)cc1Cl)=C(C(F)(F)F)C(F)(F)F. The zero-order valence-electron chi connectivity index (χ0n) is 10.6. The predicted molar refractivity (Wildman–Crippen MR) is 65.8 cm³/mol. The maximum absolute atomic E-state index is 12.8. The lowest BCUT2D eigenvalue weighted by molar-refractivity contribution is -0.172. The first kappa shape index (κ1) is 19.7. The molecule has 0 saturated heterocycles. The van der Waals surface area contributed by atoms with Crippen LogP contribution in [0.5, 0.6) is 0 Å². The molecule has 0 saturated carbocycles. The van der Waals surface area contributed by atoms with E-state index < -0.39 is 55.8 Å². The molecule has 0 atom stereocenters. The smallest absolute Gasteiger partial charge is 0.282 e. The number of halogens is 8. The number of rotatable bonds is 3. The molecule has 1 rings (SSSR count). The third kappa shape index (κ3) is 5.08. The van der Waals surface area contributed by atoms with Gasteiger partial charge >= 0.3 is 12.4 Å². The van der Waals surface area contributed by atoms with Gasteiger partial charge in [0.1, 0.15) is 5.82 Å². The highest BCUT2D eigenvalue weighted by molar-refractivity contribution is 7.89. The number of hydrogen-bond donors (Lipinski definition) is 1. The van der Waals surface area contributed by atoms with Gasteiger partial charge in [0.25, 0.3) is 10.1 Å². The molecule has 12 heteroatoms. The van der Waals surface area contributed by atoms with Gasteiger partial charge in [0.15, 0.2) is 5.57 Å².